The van der Waals surface area contributed by atoms with Crippen molar-refractivity contribution in [3.05, 3.63) is 12.0 Å². The molecule has 0 radical (unpaired) electrons. The first-order valence-corrected chi connectivity index (χ1v) is 3.83. The zero-order valence-electron chi connectivity index (χ0n) is 7.44. The van der Waals surface area contributed by atoms with E-state index in [9.17, 15) is 0 Å². The predicted molar refractivity (Wildman–Crippen MR) is 46.9 cm³/mol. The molecule has 0 atom stereocenters. The van der Waals surface area contributed by atoms with Crippen LogP contribution in [0.25, 0.3) is 0 Å². The van der Waals surface area contributed by atoms with Gasteiger partial charge < -0.3 is 4.98 Å². The highest BCUT2D eigenvalue weighted by molar-refractivity contribution is 5.46. The van der Waals surface area contributed by atoms with E-state index in [2.05, 4.69) is 25.7 Å². The fourth-order valence-corrected chi connectivity index (χ4v) is 0.656. The summed E-state index contributed by atoms with van der Waals surface area (Å²) in [6.45, 7) is 3.81. The lowest BCUT2D eigenvalue weighted by Crippen LogP contribution is -1.93. The summed E-state index contributed by atoms with van der Waals surface area (Å²) in [6.07, 6.45) is 1.42. The summed E-state index contributed by atoms with van der Waals surface area (Å²) in [5.74, 6) is 0.395. The van der Waals surface area contributed by atoms with E-state index < -0.39 is 0 Å². The van der Waals surface area contributed by atoms with Gasteiger partial charge in [-0.3, -0.25) is 0 Å². The van der Waals surface area contributed by atoms with Crippen LogP contribution >= 0.6 is 0 Å². The third-order valence-electron chi connectivity index (χ3n) is 1.20. The van der Waals surface area contributed by atoms with E-state index in [4.69, 9.17) is 5.26 Å². The fraction of sp³-hybridized carbons (Fsp3) is 0.429. The van der Waals surface area contributed by atoms with Crippen molar-refractivity contribution in [1.29, 1.82) is 5.26 Å². The van der Waals surface area contributed by atoms with Gasteiger partial charge in [-0.15, -0.1) is 0 Å². The van der Waals surface area contributed by atoms with Gasteiger partial charge in [-0.1, -0.05) is 5.22 Å². The van der Waals surface area contributed by atoms with Crippen LogP contribution in [0.1, 0.15) is 19.5 Å². The summed E-state index contributed by atoms with van der Waals surface area (Å²) < 4.78 is 0. The van der Waals surface area contributed by atoms with Crippen molar-refractivity contribution in [1.82, 2.24) is 9.97 Å². The van der Waals surface area contributed by atoms with Gasteiger partial charge in [0.1, 0.15) is 6.07 Å². The lowest BCUT2D eigenvalue weighted by Gasteiger charge is -1.94. The summed E-state index contributed by atoms with van der Waals surface area (Å²) in [5.41, 5.74) is 2.92. The van der Waals surface area contributed by atoms with Gasteiger partial charge in [-0.2, -0.15) is 10.4 Å². The predicted octanol–water partition coefficient (Wildman–Crippen LogP) is 1.47. The molecule has 0 aliphatic carbocycles. The van der Waals surface area contributed by atoms with Crippen LogP contribution in [0.4, 0.5) is 5.82 Å². The Kier molecular flexibility index (Phi) is 2.97. The smallest absolute Gasteiger partial charge is 0.184 e. The maximum atomic E-state index is 8.58. The highest BCUT2D eigenvalue weighted by Crippen LogP contribution is 2.07. The van der Waals surface area contributed by atoms with E-state index in [1.54, 1.807) is 0 Å². The Balaban J connectivity index is 2.60. The highest BCUT2D eigenvalue weighted by atomic mass is 15.4. The summed E-state index contributed by atoms with van der Waals surface area (Å²) in [7, 11) is 0. The Labute approximate surface area is 75.7 Å². The van der Waals surface area contributed by atoms with Gasteiger partial charge in [0.2, 0.25) is 0 Å². The number of hydrogen-bond acceptors (Lipinski definition) is 4. The van der Waals surface area contributed by atoms with Crippen molar-refractivity contribution in [3.63, 3.8) is 0 Å². The fourth-order valence-electron chi connectivity index (χ4n) is 0.656. The lowest BCUT2D eigenvalue weighted by molar-refractivity contribution is 0.763. The second-order valence-electron chi connectivity index (χ2n) is 2.66. The van der Waals surface area contributed by atoms with Crippen molar-refractivity contribution in [3.8, 4) is 6.07 Å². The Morgan fingerprint density at radius 1 is 1.69 bits per heavy atom. The zero-order chi connectivity index (χ0) is 9.68. The number of anilines is 1. The van der Waals surface area contributed by atoms with Crippen LogP contribution < -0.4 is 5.43 Å². The summed E-state index contributed by atoms with van der Waals surface area (Å²) in [4.78, 5) is 6.50. The Morgan fingerprint density at radius 2 is 2.46 bits per heavy atom. The molecule has 1 aromatic rings. The molecule has 0 bridgehead atoms. The van der Waals surface area contributed by atoms with E-state index >= 15 is 0 Å². The van der Waals surface area contributed by atoms with Crippen LogP contribution in [-0.2, 0) is 0 Å². The quantitative estimate of drug-likeness (QED) is 0.542. The Hall–Kier alpha value is -1.90. The lowest BCUT2D eigenvalue weighted by atomic mass is 10.4. The van der Waals surface area contributed by atoms with E-state index in [0.29, 0.717) is 11.5 Å². The molecule has 0 aromatic carbocycles. The van der Waals surface area contributed by atoms with E-state index in [1.165, 1.54) is 6.33 Å². The Bertz CT molecular complexity index is 331. The minimum absolute atomic E-state index is 0.122. The molecule has 0 saturated carbocycles. The van der Waals surface area contributed by atoms with E-state index in [-0.39, 0.29) is 6.04 Å². The molecule has 13 heavy (non-hydrogen) atoms. The number of nitrogens with one attached hydrogen (secondary N) is 2. The number of aromatic nitrogens is 2. The van der Waals surface area contributed by atoms with Crippen LogP contribution in [0.15, 0.2) is 16.7 Å². The second kappa shape index (κ2) is 4.21. The standard InChI is InChI=1S/C7H10N6/c1-5(2)11-13-12-7-6(3-8)9-4-10-7/h4-5H,1-2H3,(H,9,10)(H,11,12). The first-order valence-electron chi connectivity index (χ1n) is 3.83. The molecular weight excluding hydrogens is 168 g/mol. The first-order chi connectivity index (χ1) is 6.24. The zero-order valence-corrected chi connectivity index (χ0v) is 7.44. The molecule has 1 aromatic heterocycles. The van der Waals surface area contributed by atoms with Crippen molar-refractivity contribution in [2.24, 2.45) is 10.3 Å². The molecule has 1 rings (SSSR count). The molecule has 0 unspecified atom stereocenters. The van der Waals surface area contributed by atoms with Gasteiger partial charge in [0, 0.05) is 0 Å². The first kappa shape index (κ1) is 9.19. The molecule has 6 heteroatoms. The topological polar surface area (TPSA) is 89.2 Å². The van der Waals surface area contributed by atoms with E-state index in [0.717, 1.165) is 0 Å². The van der Waals surface area contributed by atoms with E-state index in [1.807, 2.05) is 19.9 Å². The molecule has 0 aliphatic heterocycles. The molecule has 0 fully saturated rings. The SMILES string of the molecule is CC(C)N=NNc1nc[nH]c1C#N. The molecular formula is C7H10N6. The molecule has 68 valence electrons. The normalized spacial score (nSPS) is 10.6. The molecule has 0 aliphatic rings. The van der Waals surface area contributed by atoms with Crippen LogP contribution in [0.5, 0.6) is 0 Å². The number of nitrogens with zero attached hydrogens (tertiary/aromatic N) is 4. The molecule has 6 nitrogen and oxygen atoms in total. The highest BCUT2D eigenvalue weighted by Gasteiger charge is 2.01. The monoisotopic (exact) mass is 178 g/mol. The van der Waals surface area contributed by atoms with Crippen LogP contribution in [0.3, 0.4) is 0 Å². The summed E-state index contributed by atoms with van der Waals surface area (Å²) in [5, 5.41) is 16.1. The Morgan fingerprint density at radius 3 is 3.08 bits per heavy atom. The number of H-pyrrole nitrogens is 1. The number of rotatable bonds is 3. The van der Waals surface area contributed by atoms with Gasteiger partial charge in [0.05, 0.1) is 12.4 Å². The summed E-state index contributed by atoms with van der Waals surface area (Å²) >= 11 is 0. The van der Waals surface area contributed by atoms with Crippen molar-refractivity contribution in [2.75, 3.05) is 5.43 Å². The third-order valence-corrected chi connectivity index (χ3v) is 1.20. The largest absolute Gasteiger partial charge is 0.335 e. The van der Waals surface area contributed by atoms with Gasteiger partial charge in [0.15, 0.2) is 11.5 Å². The van der Waals surface area contributed by atoms with Crippen LogP contribution in [0, 0.1) is 11.3 Å². The van der Waals surface area contributed by atoms with Crippen molar-refractivity contribution in [2.45, 2.75) is 19.9 Å². The minimum atomic E-state index is 0.122. The summed E-state index contributed by atoms with van der Waals surface area (Å²) in [6, 6.07) is 2.05. The minimum Gasteiger partial charge on any atom is -0.335 e. The molecule has 0 amide bonds. The van der Waals surface area contributed by atoms with Crippen LogP contribution in [0.2, 0.25) is 0 Å². The maximum Gasteiger partial charge on any atom is 0.184 e. The molecule has 1 heterocycles. The van der Waals surface area contributed by atoms with Crippen molar-refractivity contribution < 1.29 is 0 Å². The van der Waals surface area contributed by atoms with Gasteiger partial charge in [0.25, 0.3) is 0 Å². The van der Waals surface area contributed by atoms with Crippen molar-refractivity contribution >= 4 is 5.82 Å². The van der Waals surface area contributed by atoms with Gasteiger partial charge in [-0.25, -0.2) is 10.4 Å². The number of nitriles is 1. The third kappa shape index (κ3) is 2.56. The second-order valence-corrected chi connectivity index (χ2v) is 2.66. The number of imidazole rings is 1. The average molecular weight is 178 g/mol. The molecule has 0 spiro atoms. The number of aromatic amines is 1. The number of hydrogen-bond donors (Lipinski definition) is 2. The molecule has 2 N–H and O–H groups in total. The molecule has 0 saturated heterocycles. The van der Waals surface area contributed by atoms with Gasteiger partial charge in [-0.05, 0) is 13.8 Å². The average Bonchev–Trinajstić information content (AvgIpc) is 2.51. The maximum absolute atomic E-state index is 8.58. The van der Waals surface area contributed by atoms with Gasteiger partial charge >= 0.3 is 0 Å². The van der Waals surface area contributed by atoms with Crippen LogP contribution in [-0.4, -0.2) is 16.0 Å².